The molecule has 2 aromatic carbocycles. The van der Waals surface area contributed by atoms with Crippen molar-refractivity contribution in [2.45, 2.75) is 6.54 Å². The van der Waals surface area contributed by atoms with Crippen LogP contribution in [-0.2, 0) is 11.3 Å². The van der Waals surface area contributed by atoms with Crippen molar-refractivity contribution in [1.29, 1.82) is 0 Å². The van der Waals surface area contributed by atoms with Crippen molar-refractivity contribution in [3.05, 3.63) is 70.8 Å². The van der Waals surface area contributed by atoms with Crippen molar-refractivity contribution in [3.63, 3.8) is 0 Å². The fourth-order valence-electron chi connectivity index (χ4n) is 2.55. The lowest BCUT2D eigenvalue weighted by atomic mass is 10.1. The van der Waals surface area contributed by atoms with E-state index < -0.39 is 11.5 Å². The Morgan fingerprint density at radius 3 is 2.29 bits per heavy atom. The van der Waals surface area contributed by atoms with Crippen molar-refractivity contribution in [2.75, 3.05) is 19.5 Å². The first-order valence-electron chi connectivity index (χ1n) is 8.35. The van der Waals surface area contributed by atoms with E-state index in [2.05, 4.69) is 10.4 Å². The van der Waals surface area contributed by atoms with Gasteiger partial charge in [0, 0.05) is 35.5 Å². The summed E-state index contributed by atoms with van der Waals surface area (Å²) in [6.07, 6.45) is 0. The third-order valence-corrected chi connectivity index (χ3v) is 3.94. The molecule has 1 amide bonds. The van der Waals surface area contributed by atoms with Gasteiger partial charge in [-0.2, -0.15) is 5.10 Å². The third kappa shape index (κ3) is 4.53. The SMILES string of the molecule is COc1cc(NC(=O)Cn2nc(-c3ccc(F)cc3)ccc2=O)cc(OC)c1. The minimum Gasteiger partial charge on any atom is -0.497 e. The molecular formula is C20H18FN3O4. The average Bonchev–Trinajstić information content (AvgIpc) is 2.70. The normalized spacial score (nSPS) is 10.4. The molecular weight excluding hydrogens is 365 g/mol. The minimum absolute atomic E-state index is 0.284. The lowest BCUT2D eigenvalue weighted by Gasteiger charge is -2.11. The molecule has 1 aromatic heterocycles. The maximum Gasteiger partial charge on any atom is 0.267 e. The molecule has 0 saturated carbocycles. The molecule has 144 valence electrons. The number of hydrogen-bond donors (Lipinski definition) is 1. The number of hydrogen-bond acceptors (Lipinski definition) is 5. The molecule has 0 unspecified atom stereocenters. The fraction of sp³-hybridized carbons (Fsp3) is 0.150. The molecule has 28 heavy (non-hydrogen) atoms. The number of carbonyl (C=O) groups is 1. The molecule has 7 nitrogen and oxygen atoms in total. The number of amides is 1. The van der Waals surface area contributed by atoms with Crippen molar-refractivity contribution in [2.24, 2.45) is 0 Å². The Labute approximate surface area is 160 Å². The van der Waals surface area contributed by atoms with Crippen molar-refractivity contribution >= 4 is 11.6 Å². The molecule has 0 atom stereocenters. The summed E-state index contributed by atoms with van der Waals surface area (Å²) < 4.78 is 24.5. The molecule has 0 fully saturated rings. The highest BCUT2D eigenvalue weighted by atomic mass is 19.1. The molecule has 0 spiro atoms. The maximum atomic E-state index is 13.1. The van der Waals surface area contributed by atoms with Gasteiger partial charge in [0.25, 0.3) is 5.56 Å². The second-order valence-corrected chi connectivity index (χ2v) is 5.87. The van der Waals surface area contributed by atoms with Gasteiger partial charge in [-0.25, -0.2) is 9.07 Å². The van der Waals surface area contributed by atoms with E-state index in [1.165, 1.54) is 38.5 Å². The van der Waals surface area contributed by atoms with Crippen LogP contribution in [0.5, 0.6) is 11.5 Å². The summed E-state index contributed by atoms with van der Waals surface area (Å²) in [6, 6.07) is 13.5. The molecule has 0 bridgehead atoms. The highest BCUT2D eigenvalue weighted by Gasteiger charge is 2.10. The van der Waals surface area contributed by atoms with E-state index in [1.807, 2.05) is 0 Å². The monoisotopic (exact) mass is 383 g/mol. The molecule has 8 heteroatoms. The highest BCUT2D eigenvalue weighted by Crippen LogP contribution is 2.25. The summed E-state index contributed by atoms with van der Waals surface area (Å²) in [5.74, 6) is 0.220. The summed E-state index contributed by atoms with van der Waals surface area (Å²) in [5, 5.41) is 6.88. The summed E-state index contributed by atoms with van der Waals surface area (Å²) in [5.41, 5.74) is 1.12. The Morgan fingerprint density at radius 2 is 1.68 bits per heavy atom. The van der Waals surface area contributed by atoms with Gasteiger partial charge in [-0.05, 0) is 30.3 Å². The Balaban J connectivity index is 1.79. The van der Waals surface area contributed by atoms with Crippen LogP contribution in [-0.4, -0.2) is 29.9 Å². The zero-order valence-corrected chi connectivity index (χ0v) is 15.3. The van der Waals surface area contributed by atoms with E-state index in [4.69, 9.17) is 9.47 Å². The second kappa shape index (κ2) is 8.34. The molecule has 0 radical (unpaired) electrons. The molecule has 3 rings (SSSR count). The predicted octanol–water partition coefficient (Wildman–Crippen LogP) is 2.71. The van der Waals surface area contributed by atoms with Crippen LogP contribution in [0.1, 0.15) is 0 Å². The van der Waals surface area contributed by atoms with Crippen molar-refractivity contribution in [1.82, 2.24) is 9.78 Å². The second-order valence-electron chi connectivity index (χ2n) is 5.87. The lowest BCUT2D eigenvalue weighted by Crippen LogP contribution is -2.29. The van der Waals surface area contributed by atoms with E-state index in [0.29, 0.717) is 28.4 Å². The highest BCUT2D eigenvalue weighted by molar-refractivity contribution is 5.91. The van der Waals surface area contributed by atoms with E-state index in [-0.39, 0.29) is 12.4 Å². The van der Waals surface area contributed by atoms with Crippen LogP contribution < -0.4 is 20.3 Å². The Kier molecular flexibility index (Phi) is 5.69. The minimum atomic E-state index is -0.443. The first kappa shape index (κ1) is 19.1. The Bertz CT molecular complexity index is 1030. The van der Waals surface area contributed by atoms with Crippen molar-refractivity contribution < 1.29 is 18.7 Å². The first-order chi connectivity index (χ1) is 13.5. The zero-order valence-electron chi connectivity index (χ0n) is 15.3. The number of ether oxygens (including phenoxy) is 2. The van der Waals surface area contributed by atoms with Crippen LogP contribution in [0, 0.1) is 5.82 Å². The molecule has 0 aliphatic heterocycles. The van der Waals surface area contributed by atoms with Gasteiger partial charge in [-0.1, -0.05) is 0 Å². The summed E-state index contributed by atoms with van der Waals surface area (Å²) in [4.78, 5) is 24.4. The van der Waals surface area contributed by atoms with E-state index in [0.717, 1.165) is 4.68 Å². The Morgan fingerprint density at radius 1 is 1.04 bits per heavy atom. The van der Waals surface area contributed by atoms with E-state index >= 15 is 0 Å². The molecule has 3 aromatic rings. The van der Waals surface area contributed by atoms with Crippen LogP contribution in [0.15, 0.2) is 59.4 Å². The number of carbonyl (C=O) groups excluding carboxylic acids is 1. The van der Waals surface area contributed by atoms with Gasteiger partial charge >= 0.3 is 0 Å². The quantitative estimate of drug-likeness (QED) is 0.708. The van der Waals surface area contributed by atoms with Gasteiger partial charge < -0.3 is 14.8 Å². The number of aromatic nitrogens is 2. The first-order valence-corrected chi connectivity index (χ1v) is 8.35. The Hall–Kier alpha value is -3.68. The number of benzene rings is 2. The van der Waals surface area contributed by atoms with Gasteiger partial charge in [-0.3, -0.25) is 9.59 Å². The lowest BCUT2D eigenvalue weighted by molar-refractivity contribution is -0.117. The summed E-state index contributed by atoms with van der Waals surface area (Å²) >= 11 is 0. The number of nitrogens with zero attached hydrogens (tertiary/aromatic N) is 2. The summed E-state index contributed by atoms with van der Waals surface area (Å²) in [6.45, 7) is -0.284. The molecule has 1 heterocycles. The third-order valence-electron chi connectivity index (χ3n) is 3.94. The standard InChI is InChI=1S/C20H18FN3O4/c1-27-16-9-15(10-17(11-16)28-2)22-19(25)12-24-20(26)8-7-18(23-24)13-3-5-14(21)6-4-13/h3-11H,12H2,1-2H3,(H,22,25). The predicted molar refractivity (Wildman–Crippen MR) is 102 cm³/mol. The van der Waals surface area contributed by atoms with Crippen LogP contribution in [0.25, 0.3) is 11.3 Å². The number of anilines is 1. The van der Waals surface area contributed by atoms with Gasteiger partial charge in [0.15, 0.2) is 0 Å². The largest absolute Gasteiger partial charge is 0.497 e. The van der Waals surface area contributed by atoms with Crippen LogP contribution in [0.4, 0.5) is 10.1 Å². The molecule has 1 N–H and O–H groups in total. The van der Waals surface area contributed by atoms with Gasteiger partial charge in [0.1, 0.15) is 23.9 Å². The van der Waals surface area contributed by atoms with Gasteiger partial charge in [0.05, 0.1) is 19.9 Å². The van der Waals surface area contributed by atoms with Crippen molar-refractivity contribution in [3.8, 4) is 22.8 Å². The number of rotatable bonds is 6. The zero-order chi connectivity index (χ0) is 20.1. The summed E-state index contributed by atoms with van der Waals surface area (Å²) in [7, 11) is 3.01. The maximum absolute atomic E-state index is 13.1. The van der Waals surface area contributed by atoms with Crippen LogP contribution >= 0.6 is 0 Å². The number of nitrogens with one attached hydrogen (secondary N) is 1. The van der Waals surface area contributed by atoms with Crippen LogP contribution in [0.3, 0.4) is 0 Å². The molecule has 0 saturated heterocycles. The van der Waals surface area contributed by atoms with Gasteiger partial charge in [-0.15, -0.1) is 0 Å². The number of methoxy groups -OCH3 is 2. The topological polar surface area (TPSA) is 82.5 Å². The molecule has 0 aliphatic rings. The van der Waals surface area contributed by atoms with E-state index in [1.54, 1.807) is 30.3 Å². The van der Waals surface area contributed by atoms with E-state index in [9.17, 15) is 14.0 Å². The van der Waals surface area contributed by atoms with Gasteiger partial charge in [0.2, 0.25) is 5.91 Å². The smallest absolute Gasteiger partial charge is 0.267 e. The van der Waals surface area contributed by atoms with Crippen LogP contribution in [0.2, 0.25) is 0 Å². The number of halogens is 1. The molecule has 0 aliphatic carbocycles. The fourth-order valence-corrected chi connectivity index (χ4v) is 2.55. The average molecular weight is 383 g/mol.